The van der Waals surface area contributed by atoms with Crippen molar-refractivity contribution in [1.29, 1.82) is 0 Å². The van der Waals surface area contributed by atoms with E-state index in [1.807, 2.05) is 0 Å². The molecule has 3 heterocycles. The number of benzene rings is 1. The zero-order valence-corrected chi connectivity index (χ0v) is 18.8. The zero-order valence-electron chi connectivity index (χ0n) is 17.1. The highest BCUT2D eigenvalue weighted by Crippen LogP contribution is 2.33. The van der Waals surface area contributed by atoms with Crippen LogP contribution in [0, 0.1) is 0 Å². The number of fused-ring (bicyclic) bond motifs is 1. The summed E-state index contributed by atoms with van der Waals surface area (Å²) in [6, 6.07) is 6.94. The fraction of sp³-hybridized carbons (Fsp3) is 0.316. The Kier molecular flexibility index (Phi) is 5.69. The summed E-state index contributed by atoms with van der Waals surface area (Å²) in [7, 11) is -0.144. The Hall–Kier alpha value is -2.96. The summed E-state index contributed by atoms with van der Waals surface area (Å²) < 4.78 is 35.6. The van der Waals surface area contributed by atoms with Gasteiger partial charge in [0, 0.05) is 30.0 Å². The first kappa shape index (κ1) is 21.3. The second-order valence-corrected chi connectivity index (χ2v) is 9.99. The van der Waals surface area contributed by atoms with Crippen LogP contribution in [0.15, 0.2) is 24.3 Å². The Morgan fingerprint density at radius 2 is 2.06 bits per heavy atom. The van der Waals surface area contributed by atoms with Crippen LogP contribution in [-0.2, 0) is 23.0 Å². The van der Waals surface area contributed by atoms with Crippen molar-refractivity contribution in [2.45, 2.75) is 13.0 Å². The van der Waals surface area contributed by atoms with E-state index in [0.29, 0.717) is 40.9 Å². The summed E-state index contributed by atoms with van der Waals surface area (Å²) in [6.07, 6.45) is 1.70. The minimum atomic E-state index is -3.27. The lowest BCUT2D eigenvalue weighted by Crippen LogP contribution is -2.34. The van der Waals surface area contributed by atoms with Gasteiger partial charge in [0.05, 0.1) is 31.9 Å². The van der Waals surface area contributed by atoms with Gasteiger partial charge in [0.15, 0.2) is 5.13 Å². The highest BCUT2D eigenvalue weighted by atomic mass is 32.2. The molecular weight excluding hydrogens is 442 g/mol. The maximum absolute atomic E-state index is 12.7. The van der Waals surface area contributed by atoms with Crippen LogP contribution < -0.4 is 14.8 Å². The molecule has 2 N–H and O–H groups in total. The minimum Gasteiger partial charge on any atom is -0.497 e. The van der Waals surface area contributed by atoms with Crippen molar-refractivity contribution < 1.29 is 22.7 Å². The normalized spacial score (nSPS) is 14.2. The summed E-state index contributed by atoms with van der Waals surface area (Å²) in [4.78, 5) is 18.0. The Balaban J connectivity index is 1.52. The number of methoxy groups -OCH3 is 2. The lowest BCUT2D eigenvalue weighted by Gasteiger charge is -2.23. The summed E-state index contributed by atoms with van der Waals surface area (Å²) in [5, 5.41) is 10.1. The van der Waals surface area contributed by atoms with Gasteiger partial charge in [0.25, 0.3) is 5.91 Å². The van der Waals surface area contributed by atoms with Crippen LogP contribution in [0.2, 0.25) is 0 Å². The lowest BCUT2D eigenvalue weighted by molar-refractivity contribution is 0.102. The van der Waals surface area contributed by atoms with Crippen molar-refractivity contribution in [3.05, 3.63) is 40.5 Å². The molecule has 0 atom stereocenters. The van der Waals surface area contributed by atoms with Gasteiger partial charge in [0.2, 0.25) is 10.0 Å². The van der Waals surface area contributed by atoms with Crippen LogP contribution in [0.25, 0.3) is 11.3 Å². The molecule has 0 aliphatic carbocycles. The summed E-state index contributed by atoms with van der Waals surface area (Å²) >= 11 is 1.27. The first-order chi connectivity index (χ1) is 14.8. The molecule has 3 aromatic rings. The third-order valence-corrected chi connectivity index (χ3v) is 7.14. The summed E-state index contributed by atoms with van der Waals surface area (Å²) in [6.45, 7) is 0.654. The van der Waals surface area contributed by atoms with Gasteiger partial charge >= 0.3 is 0 Å². The first-order valence-electron chi connectivity index (χ1n) is 9.31. The smallest absolute Gasteiger partial charge is 0.275 e. The number of anilines is 1. The van der Waals surface area contributed by atoms with Crippen molar-refractivity contribution in [1.82, 2.24) is 19.5 Å². The van der Waals surface area contributed by atoms with E-state index >= 15 is 0 Å². The third-order valence-electron chi connectivity index (χ3n) is 4.89. The molecular formula is C19H21N5O5S2. The van der Waals surface area contributed by atoms with E-state index in [1.165, 1.54) is 21.9 Å². The molecule has 0 saturated heterocycles. The number of nitrogens with zero attached hydrogens (tertiary/aromatic N) is 3. The van der Waals surface area contributed by atoms with E-state index in [4.69, 9.17) is 9.47 Å². The van der Waals surface area contributed by atoms with Gasteiger partial charge in [-0.05, 0) is 24.3 Å². The quantitative estimate of drug-likeness (QED) is 0.573. The van der Waals surface area contributed by atoms with Crippen LogP contribution in [-0.4, -0.2) is 60.8 Å². The Morgan fingerprint density at radius 1 is 1.26 bits per heavy atom. The number of H-pyrrole nitrogens is 1. The van der Waals surface area contributed by atoms with Crippen molar-refractivity contribution >= 4 is 32.4 Å². The third kappa shape index (κ3) is 4.40. The molecule has 12 heteroatoms. The minimum absolute atomic E-state index is 0.255. The number of sulfonamides is 1. The highest BCUT2D eigenvalue weighted by Gasteiger charge is 2.26. The molecule has 1 aliphatic heterocycles. The summed E-state index contributed by atoms with van der Waals surface area (Å²) in [5.41, 5.74) is 2.28. The number of rotatable bonds is 6. The van der Waals surface area contributed by atoms with E-state index in [0.717, 1.165) is 10.6 Å². The molecule has 0 bridgehead atoms. The van der Waals surface area contributed by atoms with Gasteiger partial charge in [-0.25, -0.2) is 13.4 Å². The van der Waals surface area contributed by atoms with Crippen LogP contribution in [0.3, 0.4) is 0 Å². The predicted molar refractivity (Wildman–Crippen MR) is 116 cm³/mol. The van der Waals surface area contributed by atoms with E-state index in [2.05, 4.69) is 20.5 Å². The van der Waals surface area contributed by atoms with E-state index in [9.17, 15) is 13.2 Å². The van der Waals surface area contributed by atoms with Gasteiger partial charge in [-0.15, -0.1) is 11.3 Å². The van der Waals surface area contributed by atoms with E-state index in [-0.39, 0.29) is 12.2 Å². The molecule has 0 unspecified atom stereocenters. The molecule has 10 nitrogen and oxygen atoms in total. The second-order valence-electron chi connectivity index (χ2n) is 6.92. The standard InChI is InChI=1S/C19H21N5O5S2/c1-28-11-4-5-16(29-2)12(8-11)14-9-15(23-22-14)18(25)21-19-20-13-6-7-24(31(3,26)27)10-17(13)30-19/h4-5,8-9H,6-7,10H2,1-3H3,(H,22,23)(H,20,21,25). The van der Waals surface area contributed by atoms with Crippen LogP contribution in [0.1, 0.15) is 21.1 Å². The average molecular weight is 464 g/mol. The molecule has 4 rings (SSSR count). The molecule has 0 fully saturated rings. The molecule has 1 aromatic carbocycles. The van der Waals surface area contributed by atoms with Crippen LogP contribution in [0.4, 0.5) is 5.13 Å². The number of amides is 1. The average Bonchev–Trinajstić information content (AvgIpc) is 3.38. The monoisotopic (exact) mass is 463 g/mol. The number of hydrogen-bond donors (Lipinski definition) is 2. The molecule has 1 amide bonds. The molecule has 2 aromatic heterocycles. The van der Waals surface area contributed by atoms with Crippen molar-refractivity contribution in [3.63, 3.8) is 0 Å². The number of hydrogen-bond acceptors (Lipinski definition) is 8. The number of ether oxygens (including phenoxy) is 2. The number of carbonyl (C=O) groups excluding carboxylic acids is 1. The number of aromatic amines is 1. The van der Waals surface area contributed by atoms with E-state index < -0.39 is 15.9 Å². The molecule has 0 radical (unpaired) electrons. The number of thiazole rings is 1. The van der Waals surface area contributed by atoms with E-state index in [1.54, 1.807) is 38.5 Å². The topological polar surface area (TPSA) is 127 Å². The number of aromatic nitrogens is 3. The lowest BCUT2D eigenvalue weighted by atomic mass is 10.1. The van der Waals surface area contributed by atoms with Gasteiger partial charge in [-0.2, -0.15) is 9.40 Å². The summed E-state index contributed by atoms with van der Waals surface area (Å²) in [5.74, 6) is 0.843. The maximum atomic E-state index is 12.7. The first-order valence-corrected chi connectivity index (χ1v) is 12.0. The largest absolute Gasteiger partial charge is 0.497 e. The van der Waals surface area contributed by atoms with Crippen LogP contribution >= 0.6 is 11.3 Å². The molecule has 31 heavy (non-hydrogen) atoms. The highest BCUT2D eigenvalue weighted by molar-refractivity contribution is 7.88. The molecule has 0 saturated carbocycles. The SMILES string of the molecule is COc1ccc(OC)c(-c2cc(C(=O)Nc3nc4c(s3)CN(S(C)(=O)=O)CC4)[nH]n2)c1. The van der Waals surface area contributed by atoms with Gasteiger partial charge in [-0.1, -0.05) is 0 Å². The van der Waals surface area contributed by atoms with Gasteiger partial charge in [0.1, 0.15) is 17.2 Å². The maximum Gasteiger partial charge on any atom is 0.275 e. The Labute approximate surface area is 183 Å². The van der Waals surface area contributed by atoms with Crippen molar-refractivity contribution in [2.75, 3.05) is 32.3 Å². The fourth-order valence-electron chi connectivity index (χ4n) is 3.26. The van der Waals surface area contributed by atoms with Gasteiger partial charge in [-0.3, -0.25) is 15.2 Å². The fourth-order valence-corrected chi connectivity index (χ4v) is 5.15. The van der Waals surface area contributed by atoms with Crippen molar-refractivity contribution in [2.24, 2.45) is 0 Å². The zero-order chi connectivity index (χ0) is 22.2. The predicted octanol–water partition coefficient (Wildman–Crippen LogP) is 2.12. The van der Waals surface area contributed by atoms with Crippen molar-refractivity contribution in [3.8, 4) is 22.8 Å². The van der Waals surface area contributed by atoms with Crippen LogP contribution in [0.5, 0.6) is 11.5 Å². The number of nitrogens with one attached hydrogen (secondary N) is 2. The second kappa shape index (κ2) is 8.29. The number of carbonyl (C=O) groups is 1. The Bertz CT molecular complexity index is 1230. The van der Waals surface area contributed by atoms with Gasteiger partial charge < -0.3 is 9.47 Å². The molecule has 1 aliphatic rings. The molecule has 0 spiro atoms. The Morgan fingerprint density at radius 3 is 2.77 bits per heavy atom. The molecule has 164 valence electrons.